The molecule has 1 aliphatic heterocycles. The third-order valence-corrected chi connectivity index (χ3v) is 4.96. The number of carbonyl (C=O) groups excluding carboxylic acids is 1. The van der Waals surface area contributed by atoms with Crippen LogP contribution in [0.2, 0.25) is 0 Å². The van der Waals surface area contributed by atoms with Crippen molar-refractivity contribution in [2.75, 3.05) is 19.8 Å². The minimum absolute atomic E-state index is 0.0136. The number of amides is 1. The molecule has 1 atom stereocenters. The fraction of sp³-hybridized carbons (Fsp3) is 0.444. The lowest BCUT2D eigenvalue weighted by molar-refractivity contribution is -0.0547. The molecule has 2 aromatic rings. The van der Waals surface area contributed by atoms with Crippen molar-refractivity contribution in [1.82, 2.24) is 19.9 Å². The van der Waals surface area contributed by atoms with Crippen LogP contribution in [0.15, 0.2) is 36.8 Å². The Balaban J connectivity index is 1.58. The van der Waals surface area contributed by atoms with Gasteiger partial charge >= 0.3 is 0 Å². The highest BCUT2D eigenvalue weighted by Crippen LogP contribution is 2.44. The van der Waals surface area contributed by atoms with E-state index in [1.807, 2.05) is 23.1 Å². The van der Waals surface area contributed by atoms with Gasteiger partial charge in [0, 0.05) is 25.1 Å². The van der Waals surface area contributed by atoms with Gasteiger partial charge in [0.05, 0.1) is 24.3 Å². The zero-order valence-corrected chi connectivity index (χ0v) is 13.7. The number of pyridine rings is 1. The van der Waals surface area contributed by atoms with Crippen molar-refractivity contribution in [3.8, 4) is 11.5 Å². The molecule has 4 rings (SSSR count). The van der Waals surface area contributed by atoms with E-state index in [0.29, 0.717) is 42.8 Å². The molecular formula is C18H20N4O2. The van der Waals surface area contributed by atoms with Gasteiger partial charge in [-0.05, 0) is 37.8 Å². The van der Waals surface area contributed by atoms with E-state index < -0.39 is 0 Å². The van der Waals surface area contributed by atoms with Crippen molar-refractivity contribution in [2.45, 2.75) is 25.3 Å². The lowest BCUT2D eigenvalue weighted by Crippen LogP contribution is -2.58. The molecule has 0 spiro atoms. The summed E-state index contributed by atoms with van der Waals surface area (Å²) in [4.78, 5) is 27.8. The minimum atomic E-state index is -0.213. The summed E-state index contributed by atoms with van der Waals surface area (Å²) in [7, 11) is 0. The van der Waals surface area contributed by atoms with E-state index in [0.717, 1.165) is 0 Å². The van der Waals surface area contributed by atoms with Crippen molar-refractivity contribution in [2.24, 2.45) is 5.92 Å². The molecule has 0 aromatic carbocycles. The Labute approximate surface area is 140 Å². The highest BCUT2D eigenvalue weighted by molar-refractivity contribution is 5.94. The minimum Gasteiger partial charge on any atom is -0.377 e. The number of ether oxygens (including phenoxy) is 1. The van der Waals surface area contributed by atoms with Gasteiger partial charge in [-0.1, -0.05) is 6.07 Å². The number of morpholine rings is 1. The van der Waals surface area contributed by atoms with Crippen LogP contribution in [0, 0.1) is 5.92 Å². The van der Waals surface area contributed by atoms with Crippen molar-refractivity contribution < 1.29 is 9.53 Å². The smallest absolute Gasteiger partial charge is 0.257 e. The second-order valence-electron chi connectivity index (χ2n) is 6.65. The van der Waals surface area contributed by atoms with E-state index in [2.05, 4.69) is 21.9 Å². The van der Waals surface area contributed by atoms with Gasteiger partial charge in [-0.25, -0.2) is 9.97 Å². The third kappa shape index (κ3) is 2.67. The summed E-state index contributed by atoms with van der Waals surface area (Å²) in [5.41, 5.74) is 1.00. The number of nitrogens with zero attached hydrogens (tertiary/aromatic N) is 4. The normalized spacial score (nSPS) is 24.0. The fourth-order valence-electron chi connectivity index (χ4n) is 3.37. The summed E-state index contributed by atoms with van der Waals surface area (Å²) in [5.74, 6) is 1.05. The molecule has 3 heterocycles. The molecule has 124 valence electrons. The molecule has 0 N–H and O–H groups in total. The van der Waals surface area contributed by atoms with Crippen molar-refractivity contribution in [3.05, 3.63) is 42.4 Å². The fourth-order valence-corrected chi connectivity index (χ4v) is 3.37. The highest BCUT2D eigenvalue weighted by Gasteiger charge is 2.49. The Kier molecular flexibility index (Phi) is 3.76. The number of hydrogen-bond acceptors (Lipinski definition) is 5. The van der Waals surface area contributed by atoms with E-state index >= 15 is 0 Å². The number of rotatable bonds is 3. The van der Waals surface area contributed by atoms with Crippen LogP contribution >= 0.6 is 0 Å². The molecule has 6 heteroatoms. The van der Waals surface area contributed by atoms with E-state index in [1.165, 1.54) is 12.8 Å². The van der Waals surface area contributed by atoms with E-state index in [4.69, 9.17) is 4.74 Å². The largest absolute Gasteiger partial charge is 0.377 e. The first kappa shape index (κ1) is 15.2. The third-order valence-electron chi connectivity index (χ3n) is 4.96. The van der Waals surface area contributed by atoms with E-state index in [1.54, 1.807) is 18.6 Å². The van der Waals surface area contributed by atoms with Crippen LogP contribution in [0.5, 0.6) is 0 Å². The van der Waals surface area contributed by atoms with Crippen LogP contribution in [-0.2, 0) is 4.74 Å². The maximum Gasteiger partial charge on any atom is 0.257 e. The summed E-state index contributed by atoms with van der Waals surface area (Å²) in [6, 6.07) is 5.58. The Bertz CT molecular complexity index is 730. The van der Waals surface area contributed by atoms with E-state index in [-0.39, 0.29) is 11.4 Å². The zero-order valence-electron chi connectivity index (χ0n) is 13.7. The Morgan fingerprint density at radius 1 is 1.25 bits per heavy atom. The van der Waals surface area contributed by atoms with Gasteiger partial charge in [0.15, 0.2) is 5.82 Å². The first-order valence-corrected chi connectivity index (χ1v) is 8.32. The highest BCUT2D eigenvalue weighted by atomic mass is 16.5. The van der Waals surface area contributed by atoms with Gasteiger partial charge in [0.25, 0.3) is 5.91 Å². The average Bonchev–Trinajstić information content (AvgIpc) is 3.48. The first-order valence-electron chi connectivity index (χ1n) is 8.32. The second kappa shape index (κ2) is 5.94. The molecular weight excluding hydrogens is 304 g/mol. The first-order chi connectivity index (χ1) is 11.7. The molecule has 0 bridgehead atoms. The van der Waals surface area contributed by atoms with Crippen LogP contribution in [0.1, 0.15) is 30.1 Å². The summed E-state index contributed by atoms with van der Waals surface area (Å²) in [6.45, 7) is 3.94. The van der Waals surface area contributed by atoms with Crippen molar-refractivity contribution >= 4 is 5.91 Å². The van der Waals surface area contributed by atoms with Gasteiger partial charge in [-0.15, -0.1) is 0 Å². The molecule has 1 aliphatic carbocycles. The second-order valence-corrected chi connectivity index (χ2v) is 6.65. The Morgan fingerprint density at radius 3 is 2.71 bits per heavy atom. The molecule has 1 saturated heterocycles. The summed E-state index contributed by atoms with van der Waals surface area (Å²) >= 11 is 0. The predicted octanol–water partition coefficient (Wildman–Crippen LogP) is 2.18. The SMILES string of the molecule is CC1(C2CC2)COCCN1C(=O)c1cnc(-c2ccccn2)nc1. The standard InChI is InChI=1S/C18H20N4O2/c1-18(14-5-6-14)12-24-9-8-22(18)17(23)13-10-20-16(21-11-13)15-4-2-3-7-19-15/h2-4,7,10-11,14H,5-6,8-9,12H2,1H3. The quantitative estimate of drug-likeness (QED) is 0.865. The maximum absolute atomic E-state index is 13.0. The lowest BCUT2D eigenvalue weighted by atomic mass is 9.92. The van der Waals surface area contributed by atoms with Crippen molar-refractivity contribution in [3.63, 3.8) is 0 Å². The van der Waals surface area contributed by atoms with E-state index in [9.17, 15) is 4.79 Å². The van der Waals surface area contributed by atoms with Crippen molar-refractivity contribution in [1.29, 1.82) is 0 Å². The van der Waals surface area contributed by atoms with Crippen LogP contribution < -0.4 is 0 Å². The van der Waals surface area contributed by atoms with Crippen LogP contribution in [0.4, 0.5) is 0 Å². The number of aromatic nitrogens is 3. The topological polar surface area (TPSA) is 68.2 Å². The molecule has 0 radical (unpaired) electrons. The Hall–Kier alpha value is -2.34. The van der Waals surface area contributed by atoms with Crippen LogP contribution in [0.3, 0.4) is 0 Å². The summed E-state index contributed by atoms with van der Waals surface area (Å²) < 4.78 is 5.65. The predicted molar refractivity (Wildman–Crippen MR) is 88.2 cm³/mol. The monoisotopic (exact) mass is 324 g/mol. The number of carbonyl (C=O) groups is 1. The molecule has 2 aromatic heterocycles. The number of hydrogen-bond donors (Lipinski definition) is 0. The maximum atomic E-state index is 13.0. The van der Waals surface area contributed by atoms with Gasteiger partial charge in [0.1, 0.15) is 5.69 Å². The molecule has 1 saturated carbocycles. The molecule has 24 heavy (non-hydrogen) atoms. The van der Waals surface area contributed by atoms with Crippen LogP contribution in [-0.4, -0.2) is 51.1 Å². The summed E-state index contributed by atoms with van der Waals surface area (Å²) in [6.07, 6.45) is 7.23. The zero-order chi connectivity index (χ0) is 16.6. The van der Waals surface area contributed by atoms with Gasteiger partial charge in [-0.2, -0.15) is 0 Å². The molecule has 2 fully saturated rings. The average molecular weight is 324 g/mol. The molecule has 6 nitrogen and oxygen atoms in total. The van der Waals surface area contributed by atoms with Gasteiger partial charge < -0.3 is 9.64 Å². The summed E-state index contributed by atoms with van der Waals surface area (Å²) in [5, 5.41) is 0. The van der Waals surface area contributed by atoms with Crippen LogP contribution in [0.25, 0.3) is 11.5 Å². The molecule has 2 aliphatic rings. The van der Waals surface area contributed by atoms with Gasteiger partial charge in [-0.3, -0.25) is 9.78 Å². The van der Waals surface area contributed by atoms with Gasteiger partial charge in [0.2, 0.25) is 0 Å². The molecule has 1 amide bonds. The Morgan fingerprint density at radius 2 is 2.04 bits per heavy atom. The lowest BCUT2D eigenvalue weighted by Gasteiger charge is -2.45. The molecule has 1 unspecified atom stereocenters.